The zero-order chi connectivity index (χ0) is 17.1. The van der Waals surface area contributed by atoms with Gasteiger partial charge in [0.05, 0.1) is 12.2 Å². The van der Waals surface area contributed by atoms with Gasteiger partial charge < -0.3 is 5.32 Å². The quantitative estimate of drug-likeness (QED) is 0.778. The second kappa shape index (κ2) is 6.89. The predicted molar refractivity (Wildman–Crippen MR) is 95.6 cm³/mol. The van der Waals surface area contributed by atoms with Gasteiger partial charge in [0.2, 0.25) is 0 Å². The van der Waals surface area contributed by atoms with Crippen molar-refractivity contribution in [1.82, 2.24) is 20.1 Å². The van der Waals surface area contributed by atoms with Gasteiger partial charge in [0.15, 0.2) is 5.82 Å². The van der Waals surface area contributed by atoms with Gasteiger partial charge in [-0.15, -0.1) is 0 Å². The molecule has 1 amide bonds. The van der Waals surface area contributed by atoms with Crippen LogP contribution in [0.4, 0.5) is 0 Å². The highest BCUT2D eigenvalue weighted by Crippen LogP contribution is 2.37. The largest absolute Gasteiger partial charge is 0.345 e. The Morgan fingerprint density at radius 1 is 1.08 bits per heavy atom. The van der Waals surface area contributed by atoms with Gasteiger partial charge in [-0.3, -0.25) is 4.79 Å². The molecule has 1 aliphatic carbocycles. The molecule has 1 heterocycles. The van der Waals surface area contributed by atoms with Gasteiger partial charge >= 0.3 is 0 Å². The van der Waals surface area contributed by atoms with Crippen LogP contribution in [-0.2, 0) is 6.54 Å². The molecule has 0 saturated heterocycles. The monoisotopic (exact) mass is 332 g/mol. The van der Waals surface area contributed by atoms with Crippen LogP contribution in [0.5, 0.6) is 0 Å². The van der Waals surface area contributed by atoms with E-state index in [2.05, 4.69) is 21.5 Å². The fraction of sp³-hybridized carbons (Fsp3) is 0.250. The molecule has 1 saturated carbocycles. The summed E-state index contributed by atoms with van der Waals surface area (Å²) in [5.74, 6) is 1.18. The average molecular weight is 332 g/mol. The highest BCUT2D eigenvalue weighted by molar-refractivity contribution is 5.95. The molecule has 0 radical (unpaired) electrons. The molecule has 0 aliphatic heterocycles. The molecule has 5 heteroatoms. The van der Waals surface area contributed by atoms with Gasteiger partial charge in [-0.05, 0) is 42.5 Å². The molecule has 1 N–H and O–H groups in total. The second-order valence-corrected chi connectivity index (χ2v) is 6.32. The van der Waals surface area contributed by atoms with Crippen molar-refractivity contribution in [3.05, 3.63) is 77.9 Å². The molecule has 0 atom stereocenters. The molecule has 2 aromatic carbocycles. The Morgan fingerprint density at radius 2 is 1.84 bits per heavy atom. The number of nitrogens with zero attached hydrogens (tertiary/aromatic N) is 3. The van der Waals surface area contributed by atoms with E-state index in [-0.39, 0.29) is 5.91 Å². The highest BCUT2D eigenvalue weighted by Gasteiger charge is 2.24. The van der Waals surface area contributed by atoms with E-state index in [9.17, 15) is 4.79 Å². The Bertz CT molecular complexity index is 868. The third kappa shape index (κ3) is 3.18. The molecule has 5 nitrogen and oxygen atoms in total. The molecule has 0 bridgehead atoms. The molecule has 3 aromatic rings. The first kappa shape index (κ1) is 15.6. The van der Waals surface area contributed by atoms with Crippen molar-refractivity contribution in [3.63, 3.8) is 0 Å². The van der Waals surface area contributed by atoms with Crippen LogP contribution in [0, 0.1) is 0 Å². The summed E-state index contributed by atoms with van der Waals surface area (Å²) in [6.07, 6.45) is 5.11. The predicted octanol–water partition coefficient (Wildman–Crippen LogP) is 3.46. The highest BCUT2D eigenvalue weighted by atomic mass is 16.1. The van der Waals surface area contributed by atoms with Crippen molar-refractivity contribution in [2.45, 2.75) is 31.7 Å². The molecular weight excluding hydrogens is 312 g/mol. The average Bonchev–Trinajstić information content (AvgIpc) is 3.08. The molecule has 1 aliphatic rings. The summed E-state index contributed by atoms with van der Waals surface area (Å²) < 4.78 is 1.75. The van der Waals surface area contributed by atoms with E-state index < -0.39 is 0 Å². The fourth-order valence-electron chi connectivity index (χ4n) is 3.20. The number of carbonyl (C=O) groups excluding carboxylic acids is 1. The Kier molecular flexibility index (Phi) is 4.29. The Morgan fingerprint density at radius 3 is 2.60 bits per heavy atom. The minimum atomic E-state index is -0.0508. The first-order chi connectivity index (χ1) is 12.3. The topological polar surface area (TPSA) is 59.8 Å². The summed E-state index contributed by atoms with van der Waals surface area (Å²) in [4.78, 5) is 17.0. The van der Waals surface area contributed by atoms with Crippen molar-refractivity contribution in [3.8, 4) is 5.69 Å². The van der Waals surface area contributed by atoms with Crippen LogP contribution in [0.1, 0.15) is 46.9 Å². The van der Waals surface area contributed by atoms with Gasteiger partial charge in [-0.1, -0.05) is 42.8 Å². The van der Waals surface area contributed by atoms with Gasteiger partial charge in [-0.2, -0.15) is 5.10 Å². The Labute approximate surface area is 146 Å². The molecule has 4 rings (SSSR count). The van der Waals surface area contributed by atoms with Gasteiger partial charge in [-0.25, -0.2) is 9.67 Å². The molecule has 0 spiro atoms. The van der Waals surface area contributed by atoms with Crippen molar-refractivity contribution < 1.29 is 4.79 Å². The second-order valence-electron chi connectivity index (χ2n) is 6.32. The maximum atomic E-state index is 12.7. The van der Waals surface area contributed by atoms with Crippen LogP contribution >= 0.6 is 0 Å². The summed E-state index contributed by atoms with van der Waals surface area (Å²) >= 11 is 0. The van der Waals surface area contributed by atoms with Crippen LogP contribution in [0.15, 0.2) is 60.9 Å². The van der Waals surface area contributed by atoms with E-state index >= 15 is 0 Å². The normalized spacial score (nSPS) is 14.1. The lowest BCUT2D eigenvalue weighted by Gasteiger charge is -2.27. The summed E-state index contributed by atoms with van der Waals surface area (Å²) in [7, 11) is 0. The maximum absolute atomic E-state index is 12.7. The zero-order valence-electron chi connectivity index (χ0n) is 13.9. The first-order valence-electron chi connectivity index (χ1n) is 8.64. The van der Waals surface area contributed by atoms with Crippen LogP contribution in [-0.4, -0.2) is 20.7 Å². The van der Waals surface area contributed by atoms with Crippen molar-refractivity contribution in [2.24, 2.45) is 0 Å². The molecule has 0 unspecified atom stereocenters. The number of hydrogen-bond donors (Lipinski definition) is 1. The summed E-state index contributed by atoms with van der Waals surface area (Å²) in [6.45, 7) is 0.340. The molecular formula is C20H20N4O. The van der Waals surface area contributed by atoms with Crippen molar-refractivity contribution in [2.75, 3.05) is 0 Å². The van der Waals surface area contributed by atoms with Gasteiger partial charge in [0.25, 0.3) is 5.91 Å². The van der Waals surface area contributed by atoms with E-state index in [0.717, 1.165) is 16.8 Å². The number of aromatic nitrogens is 3. The van der Waals surface area contributed by atoms with Crippen LogP contribution in [0.3, 0.4) is 0 Å². The standard InChI is InChI=1S/C20H20N4O/c25-20(18-12-5-4-11-17(18)15-7-6-8-15)21-13-19-22-14-23-24(19)16-9-2-1-3-10-16/h1-5,9-12,14-15H,6-8,13H2,(H,21,25). The fourth-order valence-corrected chi connectivity index (χ4v) is 3.20. The number of benzene rings is 2. The van der Waals surface area contributed by atoms with E-state index in [1.54, 1.807) is 4.68 Å². The van der Waals surface area contributed by atoms with Crippen LogP contribution in [0.25, 0.3) is 5.69 Å². The summed E-state index contributed by atoms with van der Waals surface area (Å²) in [5, 5.41) is 7.25. The lowest BCUT2D eigenvalue weighted by Crippen LogP contribution is -2.27. The number of carbonyl (C=O) groups is 1. The number of amides is 1. The molecule has 25 heavy (non-hydrogen) atoms. The summed E-state index contributed by atoms with van der Waals surface area (Å²) in [5.41, 5.74) is 2.87. The van der Waals surface area contributed by atoms with E-state index in [1.165, 1.54) is 25.6 Å². The number of nitrogens with one attached hydrogen (secondary N) is 1. The Hall–Kier alpha value is -2.95. The number of rotatable bonds is 5. The zero-order valence-corrected chi connectivity index (χ0v) is 13.9. The minimum Gasteiger partial charge on any atom is -0.345 e. The smallest absolute Gasteiger partial charge is 0.251 e. The third-order valence-corrected chi connectivity index (χ3v) is 4.78. The molecule has 1 aromatic heterocycles. The van der Waals surface area contributed by atoms with E-state index in [4.69, 9.17) is 0 Å². The number of para-hydroxylation sites is 1. The maximum Gasteiger partial charge on any atom is 0.251 e. The van der Waals surface area contributed by atoms with Crippen LogP contribution in [0.2, 0.25) is 0 Å². The number of hydrogen-bond acceptors (Lipinski definition) is 3. The Balaban J connectivity index is 1.50. The van der Waals surface area contributed by atoms with E-state index in [1.807, 2.05) is 48.5 Å². The first-order valence-corrected chi connectivity index (χ1v) is 8.64. The third-order valence-electron chi connectivity index (χ3n) is 4.78. The lowest BCUT2D eigenvalue weighted by atomic mass is 9.78. The molecule has 126 valence electrons. The van der Waals surface area contributed by atoms with Gasteiger partial charge in [0, 0.05) is 5.56 Å². The summed E-state index contributed by atoms with van der Waals surface area (Å²) in [6, 6.07) is 17.7. The van der Waals surface area contributed by atoms with Gasteiger partial charge in [0.1, 0.15) is 6.33 Å². The SMILES string of the molecule is O=C(NCc1ncnn1-c1ccccc1)c1ccccc1C1CCC1. The lowest BCUT2D eigenvalue weighted by molar-refractivity contribution is 0.0947. The van der Waals surface area contributed by atoms with Crippen molar-refractivity contribution >= 4 is 5.91 Å². The molecule has 1 fully saturated rings. The minimum absolute atomic E-state index is 0.0508. The van der Waals surface area contributed by atoms with Crippen LogP contribution < -0.4 is 5.32 Å². The van der Waals surface area contributed by atoms with Crippen molar-refractivity contribution in [1.29, 1.82) is 0 Å². The van der Waals surface area contributed by atoms with E-state index in [0.29, 0.717) is 18.3 Å².